The molecule has 0 spiro atoms. The van der Waals surface area contributed by atoms with E-state index in [1.807, 2.05) is 0 Å². The number of hydrogen-bond donors (Lipinski definition) is 3. The summed E-state index contributed by atoms with van der Waals surface area (Å²) in [4.78, 5) is 10.2. The van der Waals surface area contributed by atoms with E-state index >= 15 is 0 Å². The SMILES string of the molecule is O=C1NCC(C(O)O)O1. The Hall–Kier alpha value is -0.810. The molecule has 1 rings (SSSR count). The van der Waals surface area contributed by atoms with E-state index in [1.54, 1.807) is 0 Å². The molecule has 1 fully saturated rings. The number of aliphatic hydroxyl groups excluding tert-OH is 1. The van der Waals surface area contributed by atoms with Gasteiger partial charge in [0.2, 0.25) is 0 Å². The van der Waals surface area contributed by atoms with Gasteiger partial charge in [-0.05, 0) is 0 Å². The number of nitrogens with one attached hydrogen (secondary N) is 1. The lowest BCUT2D eigenvalue weighted by Crippen LogP contribution is -2.28. The van der Waals surface area contributed by atoms with Crippen molar-refractivity contribution >= 4 is 6.09 Å². The molecule has 0 saturated carbocycles. The highest BCUT2D eigenvalue weighted by Crippen LogP contribution is 2.01. The summed E-state index contributed by atoms with van der Waals surface area (Å²) < 4.78 is 4.37. The van der Waals surface area contributed by atoms with E-state index in [-0.39, 0.29) is 6.54 Å². The number of aliphatic hydroxyl groups is 2. The average molecular weight is 133 g/mol. The van der Waals surface area contributed by atoms with E-state index < -0.39 is 18.5 Å². The molecular weight excluding hydrogens is 126 g/mol. The van der Waals surface area contributed by atoms with Gasteiger partial charge in [0.25, 0.3) is 0 Å². The predicted octanol–water partition coefficient (Wildman–Crippen LogP) is -1.59. The topological polar surface area (TPSA) is 78.8 Å². The van der Waals surface area contributed by atoms with Crippen LogP contribution in [0.25, 0.3) is 0 Å². The predicted molar refractivity (Wildman–Crippen MR) is 26.5 cm³/mol. The summed E-state index contributed by atoms with van der Waals surface area (Å²) in [6, 6.07) is 0. The van der Waals surface area contributed by atoms with E-state index in [9.17, 15) is 4.79 Å². The monoisotopic (exact) mass is 133 g/mol. The van der Waals surface area contributed by atoms with Crippen molar-refractivity contribution in [3.8, 4) is 0 Å². The molecule has 9 heavy (non-hydrogen) atoms. The van der Waals surface area contributed by atoms with Crippen LogP contribution >= 0.6 is 0 Å². The molecule has 1 heterocycles. The molecular formula is C4H7NO4. The van der Waals surface area contributed by atoms with Crippen molar-refractivity contribution < 1.29 is 19.7 Å². The smallest absolute Gasteiger partial charge is 0.407 e. The number of hydrogen-bond acceptors (Lipinski definition) is 4. The minimum Gasteiger partial charge on any atom is -0.439 e. The van der Waals surface area contributed by atoms with E-state index in [2.05, 4.69) is 10.1 Å². The molecule has 1 aliphatic heterocycles. The van der Waals surface area contributed by atoms with Crippen LogP contribution in [0, 0.1) is 0 Å². The highest BCUT2D eigenvalue weighted by Gasteiger charge is 2.27. The molecule has 1 aliphatic rings. The molecule has 3 N–H and O–H groups in total. The summed E-state index contributed by atoms with van der Waals surface area (Å²) in [6.45, 7) is 0.163. The van der Waals surface area contributed by atoms with Gasteiger partial charge in [-0.2, -0.15) is 0 Å². The molecule has 1 unspecified atom stereocenters. The number of carbonyl (C=O) groups is 1. The lowest BCUT2D eigenvalue weighted by Gasteiger charge is -2.07. The van der Waals surface area contributed by atoms with E-state index in [0.29, 0.717) is 0 Å². The molecule has 1 saturated heterocycles. The second-order valence-electron chi connectivity index (χ2n) is 1.74. The van der Waals surface area contributed by atoms with Gasteiger partial charge in [0, 0.05) is 0 Å². The first kappa shape index (κ1) is 6.31. The largest absolute Gasteiger partial charge is 0.439 e. The van der Waals surface area contributed by atoms with Gasteiger partial charge < -0.3 is 20.3 Å². The maximum absolute atomic E-state index is 10.2. The minimum atomic E-state index is -1.58. The average Bonchev–Trinajstić information content (AvgIpc) is 2.14. The van der Waals surface area contributed by atoms with E-state index in [4.69, 9.17) is 10.2 Å². The Morgan fingerprint density at radius 2 is 2.44 bits per heavy atom. The molecule has 52 valence electrons. The van der Waals surface area contributed by atoms with Crippen LogP contribution in [0.4, 0.5) is 4.79 Å². The molecule has 5 heteroatoms. The number of alkyl carbamates (subject to hydrolysis) is 1. The van der Waals surface area contributed by atoms with Crippen molar-refractivity contribution in [2.75, 3.05) is 6.54 Å². The van der Waals surface area contributed by atoms with Crippen LogP contribution in [-0.2, 0) is 4.74 Å². The Kier molecular flexibility index (Phi) is 1.54. The number of cyclic esters (lactones) is 1. The van der Waals surface area contributed by atoms with Crippen LogP contribution in [0.15, 0.2) is 0 Å². The van der Waals surface area contributed by atoms with Crippen molar-refractivity contribution in [1.29, 1.82) is 0 Å². The third-order valence-corrected chi connectivity index (χ3v) is 1.04. The Morgan fingerprint density at radius 1 is 1.78 bits per heavy atom. The lowest BCUT2D eigenvalue weighted by atomic mass is 10.3. The van der Waals surface area contributed by atoms with Crippen LogP contribution in [0.5, 0.6) is 0 Å². The number of ether oxygens (including phenoxy) is 1. The Balaban J connectivity index is 2.39. The van der Waals surface area contributed by atoms with Crippen molar-refractivity contribution in [2.24, 2.45) is 0 Å². The van der Waals surface area contributed by atoms with Gasteiger partial charge in [0.1, 0.15) is 0 Å². The number of carbonyl (C=O) groups excluding carboxylic acids is 1. The highest BCUT2D eigenvalue weighted by atomic mass is 16.6. The van der Waals surface area contributed by atoms with Crippen molar-refractivity contribution in [2.45, 2.75) is 12.4 Å². The minimum absolute atomic E-state index is 0.163. The van der Waals surface area contributed by atoms with Crippen molar-refractivity contribution in [3.05, 3.63) is 0 Å². The Labute approximate surface area is 51.2 Å². The zero-order valence-corrected chi connectivity index (χ0v) is 4.57. The summed E-state index contributed by atoms with van der Waals surface area (Å²) in [5, 5.41) is 19.1. The van der Waals surface area contributed by atoms with Gasteiger partial charge in [-0.15, -0.1) is 0 Å². The fraction of sp³-hybridized carbons (Fsp3) is 0.750. The summed E-state index contributed by atoms with van der Waals surface area (Å²) in [7, 11) is 0. The Bertz CT molecular complexity index is 124. The second-order valence-corrected chi connectivity index (χ2v) is 1.74. The molecule has 5 nitrogen and oxygen atoms in total. The normalized spacial score (nSPS) is 26.1. The van der Waals surface area contributed by atoms with Crippen LogP contribution in [0.2, 0.25) is 0 Å². The molecule has 0 aromatic carbocycles. The zero-order chi connectivity index (χ0) is 6.85. The zero-order valence-electron chi connectivity index (χ0n) is 4.57. The molecule has 0 aromatic heterocycles. The van der Waals surface area contributed by atoms with Crippen LogP contribution in [0.1, 0.15) is 0 Å². The fourth-order valence-corrected chi connectivity index (χ4v) is 0.571. The number of rotatable bonds is 1. The van der Waals surface area contributed by atoms with Gasteiger partial charge in [-0.3, -0.25) is 0 Å². The first-order valence-corrected chi connectivity index (χ1v) is 2.51. The third-order valence-electron chi connectivity index (χ3n) is 1.04. The summed E-state index contributed by atoms with van der Waals surface area (Å²) in [6.07, 6.45) is -2.99. The van der Waals surface area contributed by atoms with Crippen molar-refractivity contribution in [3.63, 3.8) is 0 Å². The van der Waals surface area contributed by atoms with Gasteiger partial charge in [-0.25, -0.2) is 4.79 Å². The fourth-order valence-electron chi connectivity index (χ4n) is 0.571. The quantitative estimate of drug-likeness (QED) is 0.376. The molecule has 1 amide bonds. The second kappa shape index (κ2) is 2.20. The molecule has 0 aliphatic carbocycles. The van der Waals surface area contributed by atoms with Crippen LogP contribution in [-0.4, -0.2) is 35.2 Å². The molecule has 0 bridgehead atoms. The summed E-state index contributed by atoms with van der Waals surface area (Å²) >= 11 is 0. The first-order chi connectivity index (χ1) is 4.20. The number of amides is 1. The van der Waals surface area contributed by atoms with Crippen LogP contribution < -0.4 is 5.32 Å². The van der Waals surface area contributed by atoms with Gasteiger partial charge in [0.15, 0.2) is 12.4 Å². The maximum Gasteiger partial charge on any atom is 0.407 e. The first-order valence-electron chi connectivity index (χ1n) is 2.51. The maximum atomic E-state index is 10.2. The molecule has 1 atom stereocenters. The van der Waals surface area contributed by atoms with Crippen LogP contribution in [0.3, 0.4) is 0 Å². The van der Waals surface area contributed by atoms with E-state index in [1.165, 1.54) is 0 Å². The summed E-state index contributed by atoms with van der Waals surface area (Å²) in [5.41, 5.74) is 0. The van der Waals surface area contributed by atoms with Gasteiger partial charge in [-0.1, -0.05) is 0 Å². The van der Waals surface area contributed by atoms with Gasteiger partial charge >= 0.3 is 6.09 Å². The third kappa shape index (κ3) is 1.30. The molecule has 0 aromatic rings. The van der Waals surface area contributed by atoms with Gasteiger partial charge in [0.05, 0.1) is 6.54 Å². The van der Waals surface area contributed by atoms with Crippen molar-refractivity contribution in [1.82, 2.24) is 5.32 Å². The Morgan fingerprint density at radius 3 is 2.67 bits per heavy atom. The highest BCUT2D eigenvalue weighted by molar-refractivity contribution is 5.69. The van der Waals surface area contributed by atoms with E-state index in [0.717, 1.165) is 0 Å². The lowest BCUT2D eigenvalue weighted by molar-refractivity contribution is -0.109. The summed E-state index contributed by atoms with van der Waals surface area (Å²) in [5.74, 6) is 0. The molecule has 0 radical (unpaired) electrons. The standard InChI is InChI=1S/C4H7NO4/c6-3(7)2-1-5-4(8)9-2/h2-3,6-7H,1H2,(H,5,8).